The summed E-state index contributed by atoms with van der Waals surface area (Å²) in [7, 11) is 1.70. The second-order valence-electron chi connectivity index (χ2n) is 4.16. The Labute approximate surface area is 106 Å². The molecule has 0 radical (unpaired) electrons. The maximum Gasteiger partial charge on any atom is 0.127 e. The summed E-state index contributed by atoms with van der Waals surface area (Å²) in [6.45, 7) is 4.15. The van der Waals surface area contributed by atoms with Crippen molar-refractivity contribution in [3.8, 4) is 5.75 Å². The van der Waals surface area contributed by atoms with Gasteiger partial charge >= 0.3 is 0 Å². The first-order valence-electron chi connectivity index (χ1n) is 5.57. The lowest BCUT2D eigenvalue weighted by atomic mass is 9.96. The van der Waals surface area contributed by atoms with Crippen LogP contribution in [0, 0.1) is 13.8 Å². The van der Waals surface area contributed by atoms with E-state index in [2.05, 4.69) is 37.4 Å². The molecule has 0 bridgehead atoms. The van der Waals surface area contributed by atoms with Gasteiger partial charge < -0.3 is 10.5 Å². The summed E-state index contributed by atoms with van der Waals surface area (Å²) >= 11 is 1.66. The second-order valence-corrected chi connectivity index (χ2v) is 4.94. The van der Waals surface area contributed by atoms with Crippen LogP contribution in [0.4, 0.5) is 0 Å². The Morgan fingerprint density at radius 2 is 2.00 bits per heavy atom. The van der Waals surface area contributed by atoms with Crippen LogP contribution in [0.2, 0.25) is 0 Å². The van der Waals surface area contributed by atoms with Crippen LogP contribution in [0.5, 0.6) is 5.75 Å². The molecule has 0 amide bonds. The fourth-order valence-electron chi connectivity index (χ4n) is 1.96. The van der Waals surface area contributed by atoms with Crippen molar-refractivity contribution in [1.82, 2.24) is 0 Å². The minimum absolute atomic E-state index is 0.115. The molecule has 2 nitrogen and oxygen atoms in total. The number of hydrogen-bond acceptors (Lipinski definition) is 3. The van der Waals surface area contributed by atoms with Gasteiger partial charge in [0, 0.05) is 5.56 Å². The van der Waals surface area contributed by atoms with E-state index in [1.54, 1.807) is 18.4 Å². The summed E-state index contributed by atoms with van der Waals surface area (Å²) < 4.78 is 5.50. The van der Waals surface area contributed by atoms with Crippen molar-refractivity contribution in [3.05, 3.63) is 51.2 Å². The van der Waals surface area contributed by atoms with Gasteiger partial charge in [-0.3, -0.25) is 0 Å². The molecule has 0 saturated carbocycles. The van der Waals surface area contributed by atoms with Gasteiger partial charge in [-0.15, -0.1) is 0 Å². The highest BCUT2D eigenvalue weighted by Crippen LogP contribution is 2.33. The highest BCUT2D eigenvalue weighted by Gasteiger charge is 2.16. The first-order valence-corrected chi connectivity index (χ1v) is 6.51. The van der Waals surface area contributed by atoms with Crippen LogP contribution in [0.25, 0.3) is 0 Å². The molecule has 0 fully saturated rings. The molecule has 0 aliphatic heterocycles. The van der Waals surface area contributed by atoms with E-state index in [0.717, 1.165) is 22.4 Å². The van der Waals surface area contributed by atoms with Crippen LogP contribution in [-0.2, 0) is 0 Å². The third kappa shape index (κ3) is 2.21. The maximum absolute atomic E-state index is 6.28. The summed E-state index contributed by atoms with van der Waals surface area (Å²) in [6.07, 6.45) is 0. The molecule has 1 heterocycles. The van der Waals surface area contributed by atoms with Gasteiger partial charge in [0.1, 0.15) is 5.75 Å². The van der Waals surface area contributed by atoms with Crippen molar-refractivity contribution < 1.29 is 4.74 Å². The van der Waals surface area contributed by atoms with E-state index < -0.39 is 0 Å². The van der Waals surface area contributed by atoms with Crippen LogP contribution in [0.3, 0.4) is 0 Å². The summed E-state index contributed by atoms with van der Waals surface area (Å²) in [5.41, 5.74) is 10.9. The summed E-state index contributed by atoms with van der Waals surface area (Å²) in [4.78, 5) is 0. The molecule has 0 spiro atoms. The molecule has 17 heavy (non-hydrogen) atoms. The van der Waals surface area contributed by atoms with Crippen molar-refractivity contribution in [2.24, 2.45) is 5.73 Å². The zero-order valence-corrected chi connectivity index (χ0v) is 11.2. The lowest BCUT2D eigenvalue weighted by Crippen LogP contribution is -2.13. The number of nitrogens with two attached hydrogens (primary N) is 1. The van der Waals surface area contributed by atoms with Crippen molar-refractivity contribution >= 4 is 11.3 Å². The number of hydrogen-bond donors (Lipinski definition) is 1. The van der Waals surface area contributed by atoms with E-state index >= 15 is 0 Å². The summed E-state index contributed by atoms with van der Waals surface area (Å²) in [6, 6.07) is 6.10. The molecule has 1 atom stereocenters. The third-order valence-corrected chi connectivity index (χ3v) is 3.85. The van der Waals surface area contributed by atoms with Gasteiger partial charge in [0.2, 0.25) is 0 Å². The minimum Gasteiger partial charge on any atom is -0.496 e. The molecule has 1 unspecified atom stereocenters. The van der Waals surface area contributed by atoms with Gasteiger partial charge in [-0.05, 0) is 47.4 Å². The number of rotatable bonds is 3. The van der Waals surface area contributed by atoms with Crippen LogP contribution in [0.15, 0.2) is 29.0 Å². The molecule has 0 aliphatic carbocycles. The van der Waals surface area contributed by atoms with E-state index in [1.807, 2.05) is 5.38 Å². The van der Waals surface area contributed by atoms with Crippen LogP contribution < -0.4 is 10.5 Å². The largest absolute Gasteiger partial charge is 0.496 e. The molecule has 0 aliphatic rings. The Bertz CT molecular complexity index is 505. The smallest absolute Gasteiger partial charge is 0.127 e. The summed E-state index contributed by atoms with van der Waals surface area (Å²) in [5.74, 6) is 0.906. The second kappa shape index (κ2) is 4.90. The highest BCUT2D eigenvalue weighted by molar-refractivity contribution is 7.08. The summed E-state index contributed by atoms with van der Waals surface area (Å²) in [5, 5.41) is 4.13. The quantitative estimate of drug-likeness (QED) is 0.902. The lowest BCUT2D eigenvalue weighted by Gasteiger charge is -2.18. The van der Waals surface area contributed by atoms with Gasteiger partial charge in [0.15, 0.2) is 0 Å². The van der Waals surface area contributed by atoms with Gasteiger partial charge in [-0.2, -0.15) is 11.3 Å². The molecule has 2 aromatic rings. The predicted molar refractivity (Wildman–Crippen MR) is 72.8 cm³/mol. The topological polar surface area (TPSA) is 35.2 Å². The Kier molecular flexibility index (Phi) is 3.50. The molecular formula is C14H17NOS. The minimum atomic E-state index is -0.115. The van der Waals surface area contributed by atoms with Crippen molar-refractivity contribution in [2.45, 2.75) is 19.9 Å². The maximum atomic E-state index is 6.28. The average molecular weight is 247 g/mol. The monoisotopic (exact) mass is 247 g/mol. The zero-order chi connectivity index (χ0) is 12.4. The molecule has 1 aromatic carbocycles. The van der Waals surface area contributed by atoms with Crippen LogP contribution in [-0.4, -0.2) is 7.11 Å². The lowest BCUT2D eigenvalue weighted by molar-refractivity contribution is 0.404. The number of methoxy groups -OCH3 is 1. The van der Waals surface area contributed by atoms with Crippen molar-refractivity contribution in [1.29, 1.82) is 0 Å². The number of ether oxygens (including phenoxy) is 1. The van der Waals surface area contributed by atoms with Gasteiger partial charge in [-0.25, -0.2) is 0 Å². The molecule has 3 heteroatoms. The van der Waals surface area contributed by atoms with Crippen LogP contribution >= 0.6 is 11.3 Å². The number of benzene rings is 1. The Morgan fingerprint density at radius 1 is 1.24 bits per heavy atom. The average Bonchev–Trinajstić information content (AvgIpc) is 2.85. The van der Waals surface area contributed by atoms with Gasteiger partial charge in [0.05, 0.1) is 13.2 Å². The van der Waals surface area contributed by atoms with E-state index in [4.69, 9.17) is 10.5 Å². The fraction of sp³-hybridized carbons (Fsp3) is 0.286. The number of aryl methyl sites for hydroxylation is 1. The molecule has 2 rings (SSSR count). The fourth-order valence-corrected chi connectivity index (χ4v) is 2.65. The standard InChI is InChI=1S/C14H17NOS/c1-9-4-5-12(14(16-3)10(9)2)13(15)11-6-7-17-8-11/h4-8,13H,15H2,1-3H3. The Balaban J connectivity index is 2.49. The first-order chi connectivity index (χ1) is 8.15. The Hall–Kier alpha value is -1.32. The van der Waals surface area contributed by atoms with Crippen molar-refractivity contribution in [3.63, 3.8) is 0 Å². The third-order valence-electron chi connectivity index (χ3n) is 3.15. The van der Waals surface area contributed by atoms with Crippen molar-refractivity contribution in [2.75, 3.05) is 7.11 Å². The highest BCUT2D eigenvalue weighted by atomic mass is 32.1. The van der Waals surface area contributed by atoms with E-state index in [1.165, 1.54) is 5.56 Å². The Morgan fingerprint density at radius 3 is 2.59 bits per heavy atom. The molecule has 90 valence electrons. The SMILES string of the molecule is COc1c(C(N)c2ccsc2)ccc(C)c1C. The van der Waals surface area contributed by atoms with Gasteiger partial charge in [0.25, 0.3) is 0 Å². The predicted octanol–water partition coefficient (Wildman–Crippen LogP) is 3.42. The molecule has 2 N–H and O–H groups in total. The van der Waals surface area contributed by atoms with Gasteiger partial charge in [-0.1, -0.05) is 12.1 Å². The van der Waals surface area contributed by atoms with E-state index in [0.29, 0.717) is 0 Å². The molecule has 1 aromatic heterocycles. The number of thiophene rings is 1. The first kappa shape index (κ1) is 12.1. The normalized spacial score (nSPS) is 12.5. The van der Waals surface area contributed by atoms with E-state index in [-0.39, 0.29) is 6.04 Å². The molecule has 0 saturated heterocycles. The zero-order valence-electron chi connectivity index (χ0n) is 10.4. The van der Waals surface area contributed by atoms with Crippen LogP contribution in [0.1, 0.15) is 28.3 Å². The van der Waals surface area contributed by atoms with E-state index in [9.17, 15) is 0 Å². The molecular weight excluding hydrogens is 230 g/mol.